The number of hydrogen-bond donors (Lipinski definition) is 2. The van der Waals surface area contributed by atoms with Crippen LogP contribution in [0.2, 0.25) is 0 Å². The second-order valence-corrected chi connectivity index (χ2v) is 5.54. The second-order valence-electron chi connectivity index (χ2n) is 5.54. The summed E-state index contributed by atoms with van der Waals surface area (Å²) in [6, 6.07) is 12.1. The van der Waals surface area contributed by atoms with E-state index in [4.69, 9.17) is 10.5 Å². The molecule has 4 nitrogen and oxygen atoms in total. The SMILES string of the molecule is C[C@@H](N[C@@H]1CCCOc2c1ccc1ccccc21)C(N)=O. The molecule has 0 saturated carbocycles. The monoisotopic (exact) mass is 284 g/mol. The van der Waals surface area contributed by atoms with Gasteiger partial charge in [0.05, 0.1) is 12.6 Å². The highest BCUT2D eigenvalue weighted by molar-refractivity contribution is 5.90. The average Bonchev–Trinajstić information content (AvgIpc) is 2.69. The maximum Gasteiger partial charge on any atom is 0.234 e. The van der Waals surface area contributed by atoms with Crippen LogP contribution in [0.5, 0.6) is 5.75 Å². The minimum Gasteiger partial charge on any atom is -0.493 e. The first-order valence-corrected chi connectivity index (χ1v) is 7.36. The summed E-state index contributed by atoms with van der Waals surface area (Å²) in [5.74, 6) is 0.599. The van der Waals surface area contributed by atoms with E-state index in [-0.39, 0.29) is 18.0 Å². The van der Waals surface area contributed by atoms with Crippen molar-refractivity contribution in [2.75, 3.05) is 6.61 Å². The minimum absolute atomic E-state index is 0.0922. The number of benzene rings is 2. The maximum absolute atomic E-state index is 11.3. The summed E-state index contributed by atoms with van der Waals surface area (Å²) in [4.78, 5) is 11.3. The summed E-state index contributed by atoms with van der Waals surface area (Å²) in [5, 5.41) is 5.61. The van der Waals surface area contributed by atoms with Crippen LogP contribution in [0.25, 0.3) is 10.8 Å². The van der Waals surface area contributed by atoms with Crippen molar-refractivity contribution in [2.24, 2.45) is 5.73 Å². The van der Waals surface area contributed by atoms with Gasteiger partial charge in [0.15, 0.2) is 0 Å². The van der Waals surface area contributed by atoms with Crippen LogP contribution < -0.4 is 15.8 Å². The lowest BCUT2D eigenvalue weighted by Gasteiger charge is -2.22. The Morgan fingerprint density at radius 3 is 2.95 bits per heavy atom. The molecule has 0 aliphatic carbocycles. The van der Waals surface area contributed by atoms with E-state index < -0.39 is 0 Å². The number of ether oxygens (including phenoxy) is 1. The fourth-order valence-corrected chi connectivity index (χ4v) is 2.87. The highest BCUT2D eigenvalue weighted by atomic mass is 16.5. The smallest absolute Gasteiger partial charge is 0.234 e. The van der Waals surface area contributed by atoms with Crippen molar-refractivity contribution >= 4 is 16.7 Å². The zero-order valence-electron chi connectivity index (χ0n) is 12.1. The third kappa shape index (κ3) is 2.72. The van der Waals surface area contributed by atoms with E-state index in [0.717, 1.165) is 29.5 Å². The van der Waals surface area contributed by atoms with E-state index in [1.165, 1.54) is 5.39 Å². The number of hydrogen-bond acceptors (Lipinski definition) is 3. The van der Waals surface area contributed by atoms with E-state index in [1.807, 2.05) is 12.1 Å². The standard InChI is InChI=1S/C17H20N2O2/c1-11(17(18)20)19-15-7-4-10-21-16-13-6-3-2-5-12(13)8-9-14(15)16/h2-3,5-6,8-9,11,15,19H,4,7,10H2,1H3,(H2,18,20)/t11-,15-/m1/s1. The van der Waals surface area contributed by atoms with Gasteiger partial charge in [-0.15, -0.1) is 0 Å². The van der Waals surface area contributed by atoms with Crippen LogP contribution in [0.15, 0.2) is 36.4 Å². The number of nitrogens with one attached hydrogen (secondary N) is 1. The molecule has 0 aromatic heterocycles. The lowest BCUT2D eigenvalue weighted by Crippen LogP contribution is -2.40. The zero-order chi connectivity index (χ0) is 14.8. The Bertz CT molecular complexity index is 669. The van der Waals surface area contributed by atoms with Crippen molar-refractivity contribution in [3.8, 4) is 5.75 Å². The van der Waals surface area contributed by atoms with E-state index in [1.54, 1.807) is 6.92 Å². The van der Waals surface area contributed by atoms with E-state index in [2.05, 4.69) is 29.6 Å². The molecule has 2 aromatic rings. The van der Waals surface area contributed by atoms with Crippen molar-refractivity contribution in [1.82, 2.24) is 5.32 Å². The van der Waals surface area contributed by atoms with Crippen LogP contribution >= 0.6 is 0 Å². The third-order valence-corrected chi connectivity index (χ3v) is 4.05. The molecule has 0 radical (unpaired) electrons. The molecule has 0 spiro atoms. The Labute approximate surface area is 124 Å². The molecule has 21 heavy (non-hydrogen) atoms. The summed E-state index contributed by atoms with van der Waals surface area (Å²) in [7, 11) is 0. The predicted molar refractivity (Wildman–Crippen MR) is 83.2 cm³/mol. The lowest BCUT2D eigenvalue weighted by molar-refractivity contribution is -0.119. The van der Waals surface area contributed by atoms with Crippen LogP contribution in [-0.4, -0.2) is 18.6 Å². The number of rotatable bonds is 3. The summed E-state index contributed by atoms with van der Waals surface area (Å²) in [6.07, 6.45) is 1.88. The van der Waals surface area contributed by atoms with Gasteiger partial charge in [0.2, 0.25) is 5.91 Å². The number of carbonyl (C=O) groups is 1. The number of carbonyl (C=O) groups excluding carboxylic acids is 1. The molecule has 1 amide bonds. The zero-order valence-corrected chi connectivity index (χ0v) is 12.1. The van der Waals surface area contributed by atoms with Gasteiger partial charge in [0.1, 0.15) is 5.75 Å². The molecule has 4 heteroatoms. The number of primary amides is 1. The van der Waals surface area contributed by atoms with Crippen molar-refractivity contribution < 1.29 is 9.53 Å². The highest BCUT2D eigenvalue weighted by Crippen LogP contribution is 2.37. The maximum atomic E-state index is 11.3. The molecule has 0 unspecified atom stereocenters. The third-order valence-electron chi connectivity index (χ3n) is 4.05. The molecule has 2 aromatic carbocycles. The molecule has 3 rings (SSSR count). The predicted octanol–water partition coefficient (Wildman–Crippen LogP) is 2.52. The Morgan fingerprint density at radius 1 is 1.33 bits per heavy atom. The van der Waals surface area contributed by atoms with Crippen LogP contribution in [-0.2, 0) is 4.79 Å². The summed E-state index contributed by atoms with van der Waals surface area (Å²) in [5.41, 5.74) is 6.48. The van der Waals surface area contributed by atoms with Crippen molar-refractivity contribution in [1.29, 1.82) is 0 Å². The van der Waals surface area contributed by atoms with Crippen LogP contribution in [0.4, 0.5) is 0 Å². The summed E-state index contributed by atoms with van der Waals surface area (Å²) < 4.78 is 5.98. The Balaban J connectivity index is 2.03. The minimum atomic E-state index is -0.354. The molecular weight excluding hydrogens is 264 g/mol. The van der Waals surface area contributed by atoms with E-state index in [0.29, 0.717) is 6.61 Å². The van der Waals surface area contributed by atoms with Gasteiger partial charge in [0, 0.05) is 17.0 Å². The van der Waals surface area contributed by atoms with Gasteiger partial charge >= 0.3 is 0 Å². The quantitative estimate of drug-likeness (QED) is 0.910. The molecule has 0 saturated heterocycles. The topological polar surface area (TPSA) is 64.3 Å². The first kappa shape index (κ1) is 13.9. The average molecular weight is 284 g/mol. The molecular formula is C17H20N2O2. The molecule has 0 fully saturated rings. The van der Waals surface area contributed by atoms with Gasteiger partial charge < -0.3 is 10.5 Å². The molecule has 1 aliphatic heterocycles. The largest absolute Gasteiger partial charge is 0.493 e. The van der Waals surface area contributed by atoms with E-state index in [9.17, 15) is 4.79 Å². The van der Waals surface area contributed by atoms with Gasteiger partial charge in [-0.05, 0) is 25.2 Å². The fourth-order valence-electron chi connectivity index (χ4n) is 2.87. The van der Waals surface area contributed by atoms with Crippen LogP contribution in [0.3, 0.4) is 0 Å². The molecule has 0 bridgehead atoms. The normalized spacial score (nSPS) is 19.4. The van der Waals surface area contributed by atoms with Crippen LogP contribution in [0.1, 0.15) is 31.4 Å². The fraction of sp³-hybridized carbons (Fsp3) is 0.353. The molecule has 1 heterocycles. The van der Waals surface area contributed by atoms with Gasteiger partial charge in [-0.25, -0.2) is 0 Å². The summed E-state index contributed by atoms with van der Waals surface area (Å²) in [6.45, 7) is 2.50. The van der Waals surface area contributed by atoms with Crippen molar-refractivity contribution in [3.05, 3.63) is 42.0 Å². The lowest BCUT2D eigenvalue weighted by atomic mass is 9.97. The first-order valence-electron chi connectivity index (χ1n) is 7.36. The van der Waals surface area contributed by atoms with Gasteiger partial charge in [0.25, 0.3) is 0 Å². The van der Waals surface area contributed by atoms with Crippen molar-refractivity contribution in [2.45, 2.75) is 31.8 Å². The van der Waals surface area contributed by atoms with Gasteiger partial charge in [-0.2, -0.15) is 0 Å². The molecule has 2 atom stereocenters. The first-order chi connectivity index (χ1) is 10.2. The Hall–Kier alpha value is -2.07. The van der Waals surface area contributed by atoms with Crippen molar-refractivity contribution in [3.63, 3.8) is 0 Å². The molecule has 3 N–H and O–H groups in total. The molecule has 110 valence electrons. The Morgan fingerprint density at radius 2 is 2.14 bits per heavy atom. The number of nitrogens with two attached hydrogens (primary N) is 1. The summed E-state index contributed by atoms with van der Waals surface area (Å²) >= 11 is 0. The van der Waals surface area contributed by atoms with Gasteiger partial charge in [-0.3, -0.25) is 10.1 Å². The van der Waals surface area contributed by atoms with Gasteiger partial charge in [-0.1, -0.05) is 36.4 Å². The van der Waals surface area contributed by atoms with E-state index >= 15 is 0 Å². The molecule has 1 aliphatic rings. The van der Waals surface area contributed by atoms with Crippen LogP contribution in [0, 0.1) is 0 Å². The second kappa shape index (κ2) is 5.74. The highest BCUT2D eigenvalue weighted by Gasteiger charge is 2.24. The Kier molecular flexibility index (Phi) is 3.80. The number of fused-ring (bicyclic) bond motifs is 3. The number of amides is 1.